The first-order chi connectivity index (χ1) is 16.0. The van der Waals surface area contributed by atoms with Crippen LogP contribution in [0.4, 0.5) is 0 Å². The molecule has 2 aromatic rings. The highest BCUT2D eigenvalue weighted by atomic mass is 35.5. The summed E-state index contributed by atoms with van der Waals surface area (Å²) in [6.07, 6.45) is 10.7. The van der Waals surface area contributed by atoms with Crippen LogP contribution in [-0.2, 0) is 14.3 Å². The van der Waals surface area contributed by atoms with Crippen molar-refractivity contribution >= 4 is 40.5 Å². The van der Waals surface area contributed by atoms with Crippen LogP contribution in [0.2, 0.25) is 0 Å². The van der Waals surface area contributed by atoms with Gasteiger partial charge in [-0.1, -0.05) is 19.3 Å². The van der Waals surface area contributed by atoms with Gasteiger partial charge in [0.05, 0.1) is 10.3 Å². The molecule has 174 valence electrons. The molecule has 2 amide bonds. The summed E-state index contributed by atoms with van der Waals surface area (Å²) in [4.78, 5) is 53.8. The van der Waals surface area contributed by atoms with Gasteiger partial charge in [-0.3, -0.25) is 14.4 Å². The molecule has 4 heterocycles. The molecule has 2 aromatic heterocycles. The first kappa shape index (κ1) is 22.4. The number of ether oxygens (including phenoxy) is 1. The SMILES string of the molecule is O=C(N[C@H](C(=O)N1C[C@H](Cl)[C@H]2OCC(=O)[C@H]21)C1CCCCC1)c1ncc(-c2cncnc2)s1. The average Bonchev–Trinajstić information content (AvgIpc) is 3.56. The fourth-order valence-corrected chi connectivity index (χ4v) is 6.15. The quantitative estimate of drug-likeness (QED) is 0.639. The molecule has 0 bridgehead atoms. The molecule has 2 saturated heterocycles. The van der Waals surface area contributed by atoms with E-state index in [2.05, 4.69) is 20.3 Å². The number of ketones is 1. The Bertz CT molecular complexity index is 1040. The normalized spacial score (nSPS) is 26.3. The van der Waals surface area contributed by atoms with E-state index in [9.17, 15) is 14.4 Å². The molecule has 0 spiro atoms. The van der Waals surface area contributed by atoms with Crippen molar-refractivity contribution in [3.8, 4) is 10.4 Å². The Morgan fingerprint density at radius 3 is 2.70 bits per heavy atom. The molecule has 4 atom stereocenters. The van der Waals surface area contributed by atoms with Crippen molar-refractivity contribution in [2.75, 3.05) is 13.2 Å². The van der Waals surface area contributed by atoms with Crippen LogP contribution in [0.15, 0.2) is 24.9 Å². The van der Waals surface area contributed by atoms with Crippen molar-refractivity contribution in [2.24, 2.45) is 5.92 Å². The molecule has 3 fully saturated rings. The molecule has 33 heavy (non-hydrogen) atoms. The maximum absolute atomic E-state index is 13.7. The highest BCUT2D eigenvalue weighted by Crippen LogP contribution is 2.34. The van der Waals surface area contributed by atoms with E-state index in [0.29, 0.717) is 0 Å². The highest BCUT2D eigenvalue weighted by Gasteiger charge is 2.53. The van der Waals surface area contributed by atoms with E-state index in [0.717, 1.165) is 42.5 Å². The lowest BCUT2D eigenvalue weighted by Crippen LogP contribution is -2.55. The third-order valence-electron chi connectivity index (χ3n) is 6.62. The number of hydrogen-bond donors (Lipinski definition) is 1. The lowest BCUT2D eigenvalue weighted by Gasteiger charge is -2.34. The van der Waals surface area contributed by atoms with Gasteiger partial charge in [0.15, 0.2) is 10.8 Å². The van der Waals surface area contributed by atoms with E-state index in [1.54, 1.807) is 18.6 Å². The fourth-order valence-electron chi connectivity index (χ4n) is 4.99. The molecule has 1 aliphatic carbocycles. The van der Waals surface area contributed by atoms with Crippen molar-refractivity contribution in [3.05, 3.63) is 29.9 Å². The first-order valence-corrected chi connectivity index (χ1v) is 12.4. The average molecular weight is 490 g/mol. The second-order valence-corrected chi connectivity index (χ2v) is 10.3. The van der Waals surface area contributed by atoms with Gasteiger partial charge >= 0.3 is 0 Å². The van der Waals surface area contributed by atoms with Crippen molar-refractivity contribution < 1.29 is 19.1 Å². The summed E-state index contributed by atoms with van der Waals surface area (Å²) in [5, 5.41) is 2.76. The first-order valence-electron chi connectivity index (χ1n) is 11.1. The summed E-state index contributed by atoms with van der Waals surface area (Å²) in [7, 11) is 0. The van der Waals surface area contributed by atoms with Gasteiger partial charge in [0.2, 0.25) is 5.91 Å². The Morgan fingerprint density at radius 1 is 1.18 bits per heavy atom. The zero-order valence-electron chi connectivity index (χ0n) is 17.9. The summed E-state index contributed by atoms with van der Waals surface area (Å²) in [6, 6.07) is -1.41. The van der Waals surface area contributed by atoms with Crippen molar-refractivity contribution in [1.29, 1.82) is 0 Å². The number of halogens is 1. The number of likely N-dealkylation sites (tertiary alicyclic amines) is 1. The van der Waals surface area contributed by atoms with Crippen molar-refractivity contribution in [3.63, 3.8) is 0 Å². The van der Waals surface area contributed by atoms with Gasteiger partial charge in [0, 0.05) is 30.7 Å². The molecule has 5 rings (SSSR count). The van der Waals surface area contributed by atoms with Crippen LogP contribution >= 0.6 is 22.9 Å². The third-order valence-corrected chi connectivity index (χ3v) is 8.06. The molecule has 3 aliphatic rings. The van der Waals surface area contributed by atoms with Gasteiger partial charge < -0.3 is 15.0 Å². The third kappa shape index (κ3) is 4.39. The van der Waals surface area contributed by atoms with Gasteiger partial charge in [0.25, 0.3) is 5.91 Å². The standard InChI is InChI=1S/C22H24ClN5O4S/c23-14-9-28(18-15(29)10-32-19(14)18)22(31)17(12-4-2-1-3-5-12)27-20(30)21-26-8-16(33-21)13-6-24-11-25-7-13/h6-8,11-12,14,17-19H,1-5,9-10H2,(H,27,30)/t14-,17-,18+,19+/m0/s1. The molecule has 1 saturated carbocycles. The predicted octanol–water partition coefficient (Wildman–Crippen LogP) is 2.06. The van der Waals surface area contributed by atoms with Crippen LogP contribution in [0.3, 0.4) is 0 Å². The molecule has 11 heteroatoms. The molecule has 0 unspecified atom stereocenters. The van der Waals surface area contributed by atoms with Gasteiger partial charge in [-0.15, -0.1) is 22.9 Å². The zero-order valence-corrected chi connectivity index (χ0v) is 19.4. The maximum atomic E-state index is 13.7. The van der Waals surface area contributed by atoms with E-state index in [1.807, 2.05) is 0 Å². The minimum absolute atomic E-state index is 0.00223. The predicted molar refractivity (Wildman–Crippen MR) is 121 cm³/mol. The summed E-state index contributed by atoms with van der Waals surface area (Å²) in [6.45, 7) is 0.198. The summed E-state index contributed by atoms with van der Waals surface area (Å²) in [5.41, 5.74) is 0.768. The number of rotatable bonds is 5. The van der Waals surface area contributed by atoms with E-state index in [-0.39, 0.29) is 35.8 Å². The van der Waals surface area contributed by atoms with Gasteiger partial charge in [-0.2, -0.15) is 0 Å². The molecule has 2 aliphatic heterocycles. The monoisotopic (exact) mass is 489 g/mol. The number of thiazole rings is 1. The number of nitrogens with one attached hydrogen (secondary N) is 1. The number of carbonyl (C=O) groups is 3. The van der Waals surface area contributed by atoms with E-state index >= 15 is 0 Å². The Balaban J connectivity index is 1.37. The van der Waals surface area contributed by atoms with Crippen LogP contribution in [0.5, 0.6) is 0 Å². The van der Waals surface area contributed by atoms with Crippen molar-refractivity contribution in [2.45, 2.75) is 55.7 Å². The molecule has 1 N–H and O–H groups in total. The van der Waals surface area contributed by atoms with Crippen LogP contribution in [0.25, 0.3) is 10.4 Å². The van der Waals surface area contributed by atoms with Gasteiger partial charge in [-0.05, 0) is 18.8 Å². The Kier molecular flexibility index (Phi) is 6.40. The molecular formula is C22H24ClN5O4S. The van der Waals surface area contributed by atoms with Gasteiger partial charge in [0.1, 0.15) is 31.1 Å². The number of fused-ring (bicyclic) bond motifs is 1. The Hall–Kier alpha value is -2.43. The van der Waals surface area contributed by atoms with Crippen LogP contribution in [0, 0.1) is 5.92 Å². The second-order valence-electron chi connectivity index (χ2n) is 8.70. The van der Waals surface area contributed by atoms with Crippen LogP contribution < -0.4 is 5.32 Å². The largest absolute Gasteiger partial charge is 0.366 e. The lowest BCUT2D eigenvalue weighted by molar-refractivity contribution is -0.139. The summed E-state index contributed by atoms with van der Waals surface area (Å²) >= 11 is 7.61. The number of nitrogens with zero attached hydrogens (tertiary/aromatic N) is 4. The van der Waals surface area contributed by atoms with E-state index in [1.165, 1.54) is 22.6 Å². The van der Waals surface area contributed by atoms with Crippen LogP contribution in [-0.4, -0.2) is 74.2 Å². The Morgan fingerprint density at radius 2 is 1.94 bits per heavy atom. The molecule has 0 aromatic carbocycles. The number of aromatic nitrogens is 3. The highest BCUT2D eigenvalue weighted by molar-refractivity contribution is 7.16. The van der Waals surface area contributed by atoms with E-state index < -0.39 is 29.5 Å². The topological polar surface area (TPSA) is 114 Å². The number of carbonyl (C=O) groups excluding carboxylic acids is 3. The summed E-state index contributed by atoms with van der Waals surface area (Å²) < 4.78 is 5.52. The second kappa shape index (κ2) is 9.44. The lowest BCUT2D eigenvalue weighted by atomic mass is 9.83. The molecular weight excluding hydrogens is 466 g/mol. The maximum Gasteiger partial charge on any atom is 0.280 e. The van der Waals surface area contributed by atoms with Gasteiger partial charge in [-0.25, -0.2) is 15.0 Å². The Labute approximate surface area is 199 Å². The zero-order chi connectivity index (χ0) is 22.9. The minimum Gasteiger partial charge on any atom is -0.366 e. The molecule has 0 radical (unpaired) electrons. The molecule has 9 nitrogen and oxygen atoms in total. The number of hydrogen-bond acceptors (Lipinski definition) is 8. The smallest absolute Gasteiger partial charge is 0.280 e. The van der Waals surface area contributed by atoms with Crippen LogP contribution in [0.1, 0.15) is 41.9 Å². The minimum atomic E-state index is -0.735. The fraction of sp³-hybridized carbons (Fsp3) is 0.545. The number of amides is 2. The number of alkyl halides is 1. The van der Waals surface area contributed by atoms with Crippen molar-refractivity contribution in [1.82, 2.24) is 25.2 Å². The van der Waals surface area contributed by atoms with E-state index in [4.69, 9.17) is 16.3 Å². The summed E-state index contributed by atoms with van der Waals surface area (Å²) in [5.74, 6) is -0.804. The number of Topliss-reactive ketones (excluding diaryl/α,β-unsaturated/α-hetero) is 1.